The summed E-state index contributed by atoms with van der Waals surface area (Å²) in [5, 5.41) is 0.0864. The summed E-state index contributed by atoms with van der Waals surface area (Å²) in [5.41, 5.74) is 7.91. The highest BCUT2D eigenvalue weighted by atomic mass is 35.5. The first kappa shape index (κ1) is 13.4. The van der Waals surface area contributed by atoms with Gasteiger partial charge in [0.25, 0.3) is 0 Å². The molecule has 104 valence electrons. The van der Waals surface area contributed by atoms with Crippen LogP contribution in [0.15, 0.2) is 42.5 Å². The van der Waals surface area contributed by atoms with Gasteiger partial charge in [-0.1, -0.05) is 29.8 Å². The quantitative estimate of drug-likeness (QED) is 0.921. The SMILES string of the molecule is NC(c1cccc(OC2CC2)c1)c1ccc(F)c(Cl)c1. The van der Waals surface area contributed by atoms with Crippen LogP contribution in [0, 0.1) is 5.82 Å². The zero-order chi connectivity index (χ0) is 14.1. The number of nitrogens with two attached hydrogens (primary N) is 1. The van der Waals surface area contributed by atoms with Crippen molar-refractivity contribution >= 4 is 11.6 Å². The van der Waals surface area contributed by atoms with Crippen LogP contribution in [0.5, 0.6) is 5.75 Å². The van der Waals surface area contributed by atoms with E-state index in [1.807, 2.05) is 24.3 Å². The van der Waals surface area contributed by atoms with Crippen molar-refractivity contribution < 1.29 is 9.13 Å². The molecule has 1 saturated carbocycles. The van der Waals surface area contributed by atoms with Crippen molar-refractivity contribution in [1.29, 1.82) is 0 Å². The van der Waals surface area contributed by atoms with E-state index in [2.05, 4.69) is 0 Å². The van der Waals surface area contributed by atoms with Gasteiger partial charge in [0.15, 0.2) is 0 Å². The molecule has 2 nitrogen and oxygen atoms in total. The molecule has 0 aliphatic heterocycles. The van der Waals surface area contributed by atoms with Gasteiger partial charge in [-0.2, -0.15) is 0 Å². The number of rotatable bonds is 4. The van der Waals surface area contributed by atoms with E-state index in [4.69, 9.17) is 22.1 Å². The highest BCUT2D eigenvalue weighted by molar-refractivity contribution is 6.30. The number of benzene rings is 2. The van der Waals surface area contributed by atoms with Gasteiger partial charge in [0.05, 0.1) is 17.2 Å². The van der Waals surface area contributed by atoms with Gasteiger partial charge in [0.1, 0.15) is 11.6 Å². The molecule has 0 amide bonds. The second kappa shape index (κ2) is 5.43. The first-order chi connectivity index (χ1) is 9.63. The van der Waals surface area contributed by atoms with Crippen molar-refractivity contribution in [3.05, 3.63) is 64.4 Å². The molecule has 3 rings (SSSR count). The summed E-state index contributed by atoms with van der Waals surface area (Å²) >= 11 is 5.80. The summed E-state index contributed by atoms with van der Waals surface area (Å²) in [4.78, 5) is 0. The van der Waals surface area contributed by atoms with Gasteiger partial charge in [-0.05, 0) is 48.2 Å². The molecule has 0 radical (unpaired) electrons. The second-order valence-corrected chi connectivity index (χ2v) is 5.45. The van der Waals surface area contributed by atoms with E-state index < -0.39 is 5.82 Å². The molecule has 4 heteroatoms. The average Bonchev–Trinajstić information content (AvgIpc) is 3.25. The van der Waals surface area contributed by atoms with E-state index in [0.29, 0.717) is 6.10 Å². The Hall–Kier alpha value is -1.58. The van der Waals surface area contributed by atoms with Gasteiger partial charge in [-0.3, -0.25) is 0 Å². The van der Waals surface area contributed by atoms with E-state index in [-0.39, 0.29) is 11.1 Å². The van der Waals surface area contributed by atoms with Crippen molar-refractivity contribution in [2.45, 2.75) is 25.0 Å². The summed E-state index contributed by atoms with van der Waals surface area (Å²) in [5.74, 6) is 0.391. The maximum Gasteiger partial charge on any atom is 0.141 e. The van der Waals surface area contributed by atoms with Crippen LogP contribution in [0.25, 0.3) is 0 Å². The Morgan fingerprint density at radius 1 is 1.15 bits per heavy atom. The Labute approximate surface area is 122 Å². The molecule has 0 heterocycles. The number of halogens is 2. The molecule has 0 bridgehead atoms. The minimum absolute atomic E-state index is 0.0864. The molecular weight excluding hydrogens is 277 g/mol. The lowest BCUT2D eigenvalue weighted by atomic mass is 9.99. The zero-order valence-electron chi connectivity index (χ0n) is 10.9. The first-order valence-electron chi connectivity index (χ1n) is 6.60. The van der Waals surface area contributed by atoms with Crippen LogP contribution in [0.2, 0.25) is 5.02 Å². The van der Waals surface area contributed by atoms with Crippen LogP contribution in [-0.2, 0) is 0 Å². The summed E-state index contributed by atoms with van der Waals surface area (Å²) in [6, 6.07) is 11.9. The molecule has 1 aliphatic rings. The van der Waals surface area contributed by atoms with E-state index >= 15 is 0 Å². The third-order valence-electron chi connectivity index (χ3n) is 3.35. The predicted molar refractivity (Wildman–Crippen MR) is 77.5 cm³/mol. The van der Waals surface area contributed by atoms with Crippen LogP contribution in [-0.4, -0.2) is 6.10 Å². The minimum Gasteiger partial charge on any atom is -0.490 e. The summed E-state index contributed by atoms with van der Waals surface area (Å²) in [7, 11) is 0. The molecule has 0 saturated heterocycles. The van der Waals surface area contributed by atoms with Crippen molar-refractivity contribution in [2.24, 2.45) is 5.73 Å². The van der Waals surface area contributed by atoms with Crippen LogP contribution >= 0.6 is 11.6 Å². The van der Waals surface area contributed by atoms with E-state index in [1.165, 1.54) is 6.07 Å². The van der Waals surface area contributed by atoms with Crippen LogP contribution in [0.3, 0.4) is 0 Å². The molecule has 1 atom stereocenters. The van der Waals surface area contributed by atoms with Gasteiger partial charge in [-0.25, -0.2) is 4.39 Å². The molecule has 2 aromatic rings. The van der Waals surface area contributed by atoms with Crippen molar-refractivity contribution in [3.8, 4) is 5.75 Å². The van der Waals surface area contributed by atoms with E-state index in [1.54, 1.807) is 12.1 Å². The molecule has 1 fully saturated rings. The topological polar surface area (TPSA) is 35.2 Å². The minimum atomic E-state index is -0.437. The van der Waals surface area contributed by atoms with Crippen molar-refractivity contribution in [3.63, 3.8) is 0 Å². The van der Waals surface area contributed by atoms with Crippen LogP contribution < -0.4 is 10.5 Å². The summed E-state index contributed by atoms with van der Waals surface area (Å²) in [6.45, 7) is 0. The zero-order valence-corrected chi connectivity index (χ0v) is 11.6. The highest BCUT2D eigenvalue weighted by Crippen LogP contribution is 2.30. The lowest BCUT2D eigenvalue weighted by Gasteiger charge is -2.14. The molecule has 2 N–H and O–H groups in total. The first-order valence-corrected chi connectivity index (χ1v) is 6.98. The summed E-state index contributed by atoms with van der Waals surface area (Å²) < 4.78 is 18.9. The third-order valence-corrected chi connectivity index (χ3v) is 3.64. The lowest BCUT2D eigenvalue weighted by molar-refractivity contribution is 0.303. The van der Waals surface area contributed by atoms with Gasteiger partial charge in [0.2, 0.25) is 0 Å². The molecular formula is C16H15ClFNO. The average molecular weight is 292 g/mol. The number of hydrogen-bond donors (Lipinski definition) is 1. The summed E-state index contributed by atoms with van der Waals surface area (Å²) in [6.07, 6.45) is 2.58. The smallest absolute Gasteiger partial charge is 0.141 e. The Morgan fingerprint density at radius 2 is 1.90 bits per heavy atom. The number of hydrogen-bond acceptors (Lipinski definition) is 2. The van der Waals surface area contributed by atoms with Crippen LogP contribution in [0.4, 0.5) is 4.39 Å². The second-order valence-electron chi connectivity index (χ2n) is 5.04. The molecule has 2 aromatic carbocycles. The number of ether oxygens (including phenoxy) is 1. The van der Waals surface area contributed by atoms with Gasteiger partial charge in [0, 0.05) is 0 Å². The van der Waals surface area contributed by atoms with E-state index in [9.17, 15) is 4.39 Å². The molecule has 0 spiro atoms. The fraction of sp³-hybridized carbons (Fsp3) is 0.250. The van der Waals surface area contributed by atoms with Gasteiger partial charge in [-0.15, -0.1) is 0 Å². The molecule has 0 aromatic heterocycles. The Balaban J connectivity index is 1.84. The molecule has 20 heavy (non-hydrogen) atoms. The van der Waals surface area contributed by atoms with Crippen LogP contribution in [0.1, 0.15) is 30.0 Å². The molecule has 1 aliphatic carbocycles. The van der Waals surface area contributed by atoms with Crippen molar-refractivity contribution in [2.75, 3.05) is 0 Å². The fourth-order valence-electron chi connectivity index (χ4n) is 2.06. The Kier molecular flexibility index (Phi) is 3.64. The Bertz CT molecular complexity index is 628. The predicted octanol–water partition coefficient (Wildman–Crippen LogP) is 4.07. The standard InChI is InChI=1S/C16H15ClFNO/c17-14-9-11(4-7-15(14)18)16(19)10-2-1-3-13(8-10)20-12-5-6-12/h1-4,7-9,12,16H,5-6,19H2. The largest absolute Gasteiger partial charge is 0.490 e. The third kappa shape index (κ3) is 2.94. The normalized spacial score (nSPS) is 15.9. The fourth-order valence-corrected chi connectivity index (χ4v) is 2.25. The van der Waals surface area contributed by atoms with Gasteiger partial charge >= 0.3 is 0 Å². The maximum absolute atomic E-state index is 13.2. The maximum atomic E-state index is 13.2. The van der Waals surface area contributed by atoms with E-state index in [0.717, 1.165) is 29.7 Å². The highest BCUT2D eigenvalue weighted by Gasteiger charge is 2.23. The molecule has 1 unspecified atom stereocenters. The Morgan fingerprint density at radius 3 is 2.60 bits per heavy atom. The van der Waals surface area contributed by atoms with Gasteiger partial charge < -0.3 is 10.5 Å². The van der Waals surface area contributed by atoms with Crippen molar-refractivity contribution in [1.82, 2.24) is 0 Å². The monoisotopic (exact) mass is 291 g/mol. The lowest BCUT2D eigenvalue weighted by Crippen LogP contribution is -2.12.